The van der Waals surface area contributed by atoms with E-state index in [1.54, 1.807) is 24.3 Å². The van der Waals surface area contributed by atoms with Gasteiger partial charge in [-0.1, -0.05) is 66.7 Å². The smallest absolute Gasteiger partial charge is 0.128 e. The maximum atomic E-state index is 8.63. The van der Waals surface area contributed by atoms with Gasteiger partial charge in [0.15, 0.2) is 0 Å². The van der Waals surface area contributed by atoms with Gasteiger partial charge in [0.2, 0.25) is 0 Å². The van der Waals surface area contributed by atoms with E-state index in [9.17, 15) is 0 Å². The molecule has 0 atom stereocenters. The van der Waals surface area contributed by atoms with Crippen LogP contribution in [0, 0.1) is 0 Å². The van der Waals surface area contributed by atoms with E-state index < -0.39 is 0 Å². The number of phenolic OH excluding ortho intramolecular Hbond substituents is 1. The molecule has 23 heavy (non-hydrogen) atoms. The van der Waals surface area contributed by atoms with Crippen LogP contribution < -0.4 is 4.74 Å². The zero-order chi connectivity index (χ0) is 16.5. The lowest BCUT2D eigenvalue weighted by molar-refractivity contribution is 0.109. The monoisotopic (exact) mass is 306 g/mol. The highest BCUT2D eigenvalue weighted by Crippen LogP contribution is 2.26. The second-order valence-corrected chi connectivity index (χ2v) is 5.63. The predicted molar refractivity (Wildman–Crippen MR) is 94.6 cm³/mol. The highest BCUT2D eigenvalue weighted by atomic mass is 16.5. The Labute approximate surface area is 138 Å². The van der Waals surface area contributed by atoms with Gasteiger partial charge in [-0.25, -0.2) is 0 Å². The van der Waals surface area contributed by atoms with Gasteiger partial charge >= 0.3 is 0 Å². The van der Waals surface area contributed by atoms with Crippen molar-refractivity contribution in [2.24, 2.45) is 0 Å². The first kappa shape index (κ1) is 16.6. The average Bonchev–Trinajstić information content (AvgIpc) is 2.57. The number of ether oxygens (including phenoxy) is 1. The largest absolute Gasteiger partial charge is 0.508 e. The van der Waals surface area contributed by atoms with Gasteiger partial charge in [0.25, 0.3) is 0 Å². The van der Waals surface area contributed by atoms with Gasteiger partial charge in [-0.2, -0.15) is 0 Å². The molecule has 0 amide bonds. The number of hydrogen-bond acceptors (Lipinski definition) is 2. The highest BCUT2D eigenvalue weighted by Gasteiger charge is 2.21. The molecule has 0 saturated carbocycles. The Balaban J connectivity index is 0.000000229. The minimum Gasteiger partial charge on any atom is -0.508 e. The van der Waals surface area contributed by atoms with Crippen LogP contribution in [-0.2, 0) is 5.60 Å². The maximum Gasteiger partial charge on any atom is 0.128 e. The molecular weight excluding hydrogens is 284 g/mol. The van der Waals surface area contributed by atoms with E-state index in [0.717, 1.165) is 5.75 Å². The number of benzene rings is 3. The molecule has 2 heteroatoms. The van der Waals surface area contributed by atoms with Crippen molar-refractivity contribution in [3.63, 3.8) is 0 Å². The van der Waals surface area contributed by atoms with Crippen LogP contribution in [-0.4, -0.2) is 5.11 Å². The first-order valence-electron chi connectivity index (χ1n) is 7.61. The van der Waals surface area contributed by atoms with E-state index in [2.05, 4.69) is 26.0 Å². The van der Waals surface area contributed by atoms with E-state index >= 15 is 0 Å². The molecule has 0 aromatic heterocycles. The quantitative estimate of drug-likeness (QED) is 0.702. The van der Waals surface area contributed by atoms with Crippen molar-refractivity contribution in [2.75, 3.05) is 0 Å². The van der Waals surface area contributed by atoms with Gasteiger partial charge in [-0.3, -0.25) is 0 Å². The molecule has 0 spiro atoms. The van der Waals surface area contributed by atoms with Crippen LogP contribution in [0.1, 0.15) is 19.4 Å². The molecule has 0 saturated heterocycles. The molecule has 0 radical (unpaired) electrons. The minimum absolute atomic E-state index is 0.303. The van der Waals surface area contributed by atoms with Gasteiger partial charge < -0.3 is 9.84 Å². The van der Waals surface area contributed by atoms with Crippen LogP contribution >= 0.6 is 0 Å². The Bertz CT molecular complexity index is 677. The highest BCUT2D eigenvalue weighted by molar-refractivity contribution is 5.26. The third-order valence-electron chi connectivity index (χ3n) is 3.34. The van der Waals surface area contributed by atoms with Crippen molar-refractivity contribution in [3.05, 3.63) is 96.6 Å². The van der Waals surface area contributed by atoms with Gasteiger partial charge in [0.1, 0.15) is 17.1 Å². The maximum absolute atomic E-state index is 8.63. The number of hydrogen-bond donors (Lipinski definition) is 1. The summed E-state index contributed by atoms with van der Waals surface area (Å²) in [6.07, 6.45) is 0. The zero-order valence-electron chi connectivity index (χ0n) is 13.5. The van der Waals surface area contributed by atoms with E-state index in [1.807, 2.05) is 54.6 Å². The summed E-state index contributed by atoms with van der Waals surface area (Å²) in [6, 6.07) is 28.9. The lowest BCUT2D eigenvalue weighted by Gasteiger charge is -2.27. The minimum atomic E-state index is -0.303. The molecular formula is C21H22O2. The van der Waals surface area contributed by atoms with E-state index in [0.29, 0.717) is 5.75 Å². The molecule has 0 aliphatic carbocycles. The Morgan fingerprint density at radius 1 is 0.652 bits per heavy atom. The third kappa shape index (κ3) is 5.51. The first-order chi connectivity index (χ1) is 11.1. The van der Waals surface area contributed by atoms with Crippen LogP contribution in [0.4, 0.5) is 0 Å². The fourth-order valence-corrected chi connectivity index (χ4v) is 2.11. The fourth-order valence-electron chi connectivity index (χ4n) is 2.11. The van der Waals surface area contributed by atoms with Crippen molar-refractivity contribution in [1.82, 2.24) is 0 Å². The summed E-state index contributed by atoms with van der Waals surface area (Å²) in [7, 11) is 0. The molecule has 0 unspecified atom stereocenters. The molecule has 3 aromatic rings. The molecule has 3 rings (SSSR count). The van der Waals surface area contributed by atoms with Crippen molar-refractivity contribution in [1.29, 1.82) is 0 Å². The van der Waals surface area contributed by atoms with Gasteiger partial charge in [0.05, 0.1) is 0 Å². The summed E-state index contributed by atoms with van der Waals surface area (Å²) in [5, 5.41) is 8.63. The standard InChI is InChI=1S/C15H16O.C6H6O/c1-15(2,13-9-5-3-6-10-13)16-14-11-7-4-8-12-14;7-6-4-2-1-3-5-6/h3-12H,1-2H3;1-5,7H. The summed E-state index contributed by atoms with van der Waals surface area (Å²) >= 11 is 0. The van der Waals surface area contributed by atoms with Crippen LogP contribution in [0.25, 0.3) is 0 Å². The average molecular weight is 306 g/mol. The lowest BCUT2D eigenvalue weighted by atomic mass is 9.98. The predicted octanol–water partition coefficient (Wildman–Crippen LogP) is 5.39. The number of rotatable bonds is 3. The molecule has 0 aliphatic heterocycles. The normalized spacial score (nSPS) is 10.3. The molecule has 0 bridgehead atoms. The number of para-hydroxylation sites is 2. The lowest BCUT2D eigenvalue weighted by Crippen LogP contribution is -2.25. The number of aromatic hydroxyl groups is 1. The fraction of sp³-hybridized carbons (Fsp3) is 0.143. The van der Waals surface area contributed by atoms with Crippen molar-refractivity contribution >= 4 is 0 Å². The van der Waals surface area contributed by atoms with Crippen molar-refractivity contribution < 1.29 is 9.84 Å². The first-order valence-corrected chi connectivity index (χ1v) is 7.61. The topological polar surface area (TPSA) is 29.5 Å². The van der Waals surface area contributed by atoms with E-state index in [1.165, 1.54) is 5.56 Å². The zero-order valence-corrected chi connectivity index (χ0v) is 13.5. The Kier molecular flexibility index (Phi) is 5.81. The molecule has 3 aromatic carbocycles. The number of phenols is 1. The second-order valence-electron chi connectivity index (χ2n) is 5.63. The van der Waals surface area contributed by atoms with Crippen molar-refractivity contribution in [3.8, 4) is 11.5 Å². The third-order valence-corrected chi connectivity index (χ3v) is 3.34. The molecule has 2 nitrogen and oxygen atoms in total. The van der Waals surface area contributed by atoms with Crippen LogP contribution in [0.2, 0.25) is 0 Å². The second kappa shape index (κ2) is 8.04. The summed E-state index contributed by atoms with van der Waals surface area (Å²) < 4.78 is 5.99. The molecule has 0 heterocycles. The summed E-state index contributed by atoms with van der Waals surface area (Å²) in [5.41, 5.74) is 0.877. The van der Waals surface area contributed by atoms with E-state index in [-0.39, 0.29) is 5.60 Å². The summed E-state index contributed by atoms with van der Waals surface area (Å²) in [5.74, 6) is 1.22. The van der Waals surface area contributed by atoms with Gasteiger partial charge in [-0.05, 0) is 43.7 Å². The molecule has 118 valence electrons. The van der Waals surface area contributed by atoms with Gasteiger partial charge in [-0.15, -0.1) is 0 Å². The summed E-state index contributed by atoms with van der Waals surface area (Å²) in [6.45, 7) is 4.16. The van der Waals surface area contributed by atoms with Crippen molar-refractivity contribution in [2.45, 2.75) is 19.4 Å². The molecule has 1 N–H and O–H groups in total. The van der Waals surface area contributed by atoms with Crippen LogP contribution in [0.3, 0.4) is 0 Å². The molecule has 0 fully saturated rings. The van der Waals surface area contributed by atoms with Crippen LogP contribution in [0.15, 0.2) is 91.0 Å². The van der Waals surface area contributed by atoms with E-state index in [4.69, 9.17) is 9.84 Å². The summed E-state index contributed by atoms with van der Waals surface area (Å²) in [4.78, 5) is 0. The Morgan fingerprint density at radius 3 is 1.52 bits per heavy atom. The van der Waals surface area contributed by atoms with Crippen LogP contribution in [0.5, 0.6) is 11.5 Å². The molecule has 0 aliphatic rings. The Hall–Kier alpha value is -2.74. The Morgan fingerprint density at radius 2 is 1.09 bits per heavy atom. The van der Waals surface area contributed by atoms with Gasteiger partial charge in [0, 0.05) is 0 Å². The SMILES string of the molecule is CC(C)(Oc1ccccc1)c1ccccc1.Oc1ccccc1.